The predicted octanol–water partition coefficient (Wildman–Crippen LogP) is 3.65. The number of nitrogens with two attached hydrogens (primary N) is 1. The van der Waals surface area contributed by atoms with Gasteiger partial charge in [0.05, 0.1) is 10.4 Å². The van der Waals surface area contributed by atoms with Crippen molar-refractivity contribution in [2.75, 3.05) is 0 Å². The molecule has 1 saturated carbocycles. The largest absolute Gasteiger partial charge is 0.332 e. The summed E-state index contributed by atoms with van der Waals surface area (Å²) in [5.74, 6) is 1.07. The van der Waals surface area contributed by atoms with E-state index in [1.54, 1.807) is 22.7 Å². The molecule has 108 valence electrons. The molecule has 0 aliphatic heterocycles. The first kappa shape index (κ1) is 13.1. The summed E-state index contributed by atoms with van der Waals surface area (Å²) in [6.45, 7) is 0. The average molecular weight is 318 g/mol. The molecule has 1 aliphatic carbocycles. The lowest BCUT2D eigenvalue weighted by atomic mass is 9.99. The predicted molar refractivity (Wildman–Crippen MR) is 83.1 cm³/mol. The van der Waals surface area contributed by atoms with Crippen molar-refractivity contribution in [3.8, 4) is 21.5 Å². The molecule has 0 aromatic carbocycles. The van der Waals surface area contributed by atoms with E-state index >= 15 is 0 Å². The van der Waals surface area contributed by atoms with Gasteiger partial charge in [0.1, 0.15) is 10.7 Å². The van der Waals surface area contributed by atoms with E-state index < -0.39 is 5.54 Å². The standard InChI is InChI=1S/C14H14N4OS2/c15-14(5-1-2-6-14)13-17-11(19-18-13)9-8-21-12(16-9)10-4-3-7-20-10/h3-4,7-8H,1-2,5-6,15H2. The van der Waals surface area contributed by atoms with Crippen molar-refractivity contribution < 1.29 is 4.52 Å². The Kier molecular flexibility index (Phi) is 3.13. The number of hydrogen-bond acceptors (Lipinski definition) is 7. The molecule has 2 N–H and O–H groups in total. The molecule has 0 bridgehead atoms. The summed E-state index contributed by atoms with van der Waals surface area (Å²) in [6, 6.07) is 4.07. The lowest BCUT2D eigenvalue weighted by Gasteiger charge is -2.17. The monoisotopic (exact) mass is 318 g/mol. The molecule has 3 heterocycles. The second kappa shape index (κ2) is 5.01. The Balaban J connectivity index is 1.64. The van der Waals surface area contributed by atoms with Gasteiger partial charge in [-0.15, -0.1) is 22.7 Å². The molecule has 3 aromatic rings. The van der Waals surface area contributed by atoms with Crippen LogP contribution in [0, 0.1) is 0 Å². The molecular weight excluding hydrogens is 304 g/mol. The second-order valence-electron chi connectivity index (χ2n) is 5.30. The highest BCUT2D eigenvalue weighted by Crippen LogP contribution is 2.36. The van der Waals surface area contributed by atoms with Crippen molar-refractivity contribution in [1.82, 2.24) is 15.1 Å². The van der Waals surface area contributed by atoms with E-state index in [-0.39, 0.29) is 0 Å². The van der Waals surface area contributed by atoms with E-state index in [4.69, 9.17) is 10.3 Å². The molecule has 0 unspecified atom stereocenters. The Morgan fingerprint density at radius 2 is 2.05 bits per heavy atom. The number of thiazole rings is 1. The minimum atomic E-state index is -0.422. The molecule has 1 fully saturated rings. The third kappa shape index (κ3) is 2.31. The Morgan fingerprint density at radius 3 is 2.81 bits per heavy atom. The van der Waals surface area contributed by atoms with Crippen molar-refractivity contribution in [3.05, 3.63) is 28.7 Å². The van der Waals surface area contributed by atoms with Crippen LogP contribution in [-0.2, 0) is 5.54 Å². The zero-order valence-corrected chi connectivity index (χ0v) is 12.9. The molecule has 7 heteroatoms. The van der Waals surface area contributed by atoms with Crippen molar-refractivity contribution >= 4 is 22.7 Å². The molecular formula is C14H14N4OS2. The quantitative estimate of drug-likeness (QED) is 0.797. The number of rotatable bonds is 3. The molecule has 4 rings (SSSR count). The Hall–Kier alpha value is -1.57. The highest BCUT2D eigenvalue weighted by atomic mass is 32.1. The summed E-state index contributed by atoms with van der Waals surface area (Å²) < 4.78 is 5.37. The maximum Gasteiger partial charge on any atom is 0.277 e. The van der Waals surface area contributed by atoms with Crippen LogP contribution in [0.2, 0.25) is 0 Å². The first-order valence-electron chi connectivity index (χ1n) is 6.87. The first-order chi connectivity index (χ1) is 10.2. The van der Waals surface area contributed by atoms with E-state index in [1.165, 1.54) is 0 Å². The van der Waals surface area contributed by atoms with Crippen LogP contribution >= 0.6 is 22.7 Å². The summed E-state index contributed by atoms with van der Waals surface area (Å²) in [5.41, 5.74) is 6.66. The number of nitrogens with zero attached hydrogens (tertiary/aromatic N) is 3. The van der Waals surface area contributed by atoms with Gasteiger partial charge in [0.2, 0.25) is 0 Å². The topological polar surface area (TPSA) is 77.8 Å². The van der Waals surface area contributed by atoms with E-state index in [2.05, 4.69) is 21.2 Å². The lowest BCUT2D eigenvalue weighted by Crippen LogP contribution is -2.34. The van der Waals surface area contributed by atoms with Crippen molar-refractivity contribution in [1.29, 1.82) is 0 Å². The molecule has 0 saturated heterocycles. The maximum atomic E-state index is 6.35. The van der Waals surface area contributed by atoms with E-state index in [9.17, 15) is 0 Å². The lowest BCUT2D eigenvalue weighted by molar-refractivity contribution is 0.372. The van der Waals surface area contributed by atoms with Crippen LogP contribution in [0.3, 0.4) is 0 Å². The van der Waals surface area contributed by atoms with Crippen LogP contribution in [0.5, 0.6) is 0 Å². The highest BCUT2D eigenvalue weighted by Gasteiger charge is 2.36. The minimum absolute atomic E-state index is 0.422. The van der Waals surface area contributed by atoms with Gasteiger partial charge in [0.25, 0.3) is 5.89 Å². The Labute approximate surface area is 129 Å². The third-order valence-corrected chi connectivity index (χ3v) is 5.70. The van der Waals surface area contributed by atoms with Gasteiger partial charge in [-0.25, -0.2) is 4.98 Å². The molecule has 0 spiro atoms. The van der Waals surface area contributed by atoms with Crippen LogP contribution in [0.25, 0.3) is 21.5 Å². The maximum absolute atomic E-state index is 6.35. The van der Waals surface area contributed by atoms with Gasteiger partial charge in [-0.3, -0.25) is 0 Å². The third-order valence-electron chi connectivity index (χ3n) is 3.82. The van der Waals surface area contributed by atoms with Gasteiger partial charge in [-0.1, -0.05) is 24.1 Å². The normalized spacial score (nSPS) is 17.4. The fourth-order valence-electron chi connectivity index (χ4n) is 2.64. The molecule has 21 heavy (non-hydrogen) atoms. The van der Waals surface area contributed by atoms with Crippen molar-refractivity contribution in [2.24, 2.45) is 5.73 Å². The fourth-order valence-corrected chi connectivity index (χ4v) is 4.25. The number of hydrogen-bond donors (Lipinski definition) is 1. The van der Waals surface area contributed by atoms with Crippen LogP contribution in [0.15, 0.2) is 27.4 Å². The summed E-state index contributed by atoms with van der Waals surface area (Å²) in [7, 11) is 0. The van der Waals surface area contributed by atoms with Gasteiger partial charge < -0.3 is 10.3 Å². The summed E-state index contributed by atoms with van der Waals surface area (Å²) in [5, 5.41) is 9.04. The smallest absolute Gasteiger partial charge is 0.277 e. The van der Waals surface area contributed by atoms with Gasteiger partial charge in [0.15, 0.2) is 5.82 Å². The van der Waals surface area contributed by atoms with E-state index in [1.807, 2.05) is 16.8 Å². The Morgan fingerprint density at radius 1 is 1.19 bits per heavy atom. The van der Waals surface area contributed by atoms with Gasteiger partial charge in [-0.2, -0.15) is 4.98 Å². The van der Waals surface area contributed by atoms with E-state index in [0.717, 1.165) is 41.3 Å². The van der Waals surface area contributed by atoms with E-state index in [0.29, 0.717) is 11.7 Å². The van der Waals surface area contributed by atoms with Crippen LogP contribution in [0.1, 0.15) is 31.5 Å². The molecule has 0 atom stereocenters. The average Bonchev–Trinajstić information content (AvgIpc) is 3.25. The SMILES string of the molecule is NC1(c2noc(-c3csc(-c4cccs4)n3)n2)CCCC1. The fraction of sp³-hybridized carbons (Fsp3) is 0.357. The molecule has 5 nitrogen and oxygen atoms in total. The summed E-state index contributed by atoms with van der Waals surface area (Å²) in [4.78, 5) is 10.2. The zero-order valence-electron chi connectivity index (χ0n) is 11.3. The van der Waals surface area contributed by atoms with Gasteiger partial charge in [0, 0.05) is 5.38 Å². The number of thiophene rings is 1. The summed E-state index contributed by atoms with van der Waals surface area (Å²) in [6.07, 6.45) is 4.09. The second-order valence-corrected chi connectivity index (χ2v) is 7.11. The van der Waals surface area contributed by atoms with Crippen LogP contribution < -0.4 is 5.73 Å². The van der Waals surface area contributed by atoms with Gasteiger partial charge in [-0.05, 0) is 24.3 Å². The molecule has 0 radical (unpaired) electrons. The van der Waals surface area contributed by atoms with Crippen LogP contribution in [0.4, 0.5) is 0 Å². The van der Waals surface area contributed by atoms with Crippen molar-refractivity contribution in [3.63, 3.8) is 0 Å². The first-order valence-corrected chi connectivity index (χ1v) is 8.63. The summed E-state index contributed by atoms with van der Waals surface area (Å²) >= 11 is 3.25. The number of aromatic nitrogens is 3. The van der Waals surface area contributed by atoms with Crippen LogP contribution in [-0.4, -0.2) is 15.1 Å². The molecule has 0 amide bonds. The minimum Gasteiger partial charge on any atom is -0.332 e. The zero-order chi connectivity index (χ0) is 14.3. The van der Waals surface area contributed by atoms with Crippen molar-refractivity contribution in [2.45, 2.75) is 31.2 Å². The Bertz CT molecular complexity index is 741. The molecule has 3 aromatic heterocycles. The molecule has 1 aliphatic rings. The van der Waals surface area contributed by atoms with Gasteiger partial charge >= 0.3 is 0 Å². The highest BCUT2D eigenvalue weighted by molar-refractivity contribution is 7.20.